The van der Waals surface area contributed by atoms with E-state index in [0.29, 0.717) is 0 Å². The van der Waals surface area contributed by atoms with E-state index in [9.17, 15) is 0 Å². The molecule has 84 valence electrons. The van der Waals surface area contributed by atoms with Gasteiger partial charge in [0, 0.05) is 6.04 Å². The maximum absolute atomic E-state index is 5.56. The van der Waals surface area contributed by atoms with Crippen molar-refractivity contribution in [2.45, 2.75) is 46.1 Å². The zero-order valence-corrected chi connectivity index (χ0v) is 10.00. The third-order valence-electron chi connectivity index (χ3n) is 3.68. The predicted octanol–water partition coefficient (Wildman–Crippen LogP) is 2.09. The van der Waals surface area contributed by atoms with Gasteiger partial charge in [-0.15, -0.1) is 0 Å². The van der Waals surface area contributed by atoms with Crippen molar-refractivity contribution in [3.05, 3.63) is 0 Å². The molecule has 0 bridgehead atoms. The molecule has 0 radical (unpaired) electrons. The highest BCUT2D eigenvalue weighted by atomic mass is 15.2. The molecule has 1 aliphatic heterocycles. The molecule has 0 spiro atoms. The van der Waals surface area contributed by atoms with Crippen molar-refractivity contribution in [1.29, 1.82) is 0 Å². The molecular weight excluding hydrogens is 172 g/mol. The Morgan fingerprint density at radius 2 is 2.14 bits per heavy atom. The van der Waals surface area contributed by atoms with E-state index in [4.69, 9.17) is 5.73 Å². The molecule has 0 saturated carbocycles. The van der Waals surface area contributed by atoms with Crippen LogP contribution in [0.2, 0.25) is 0 Å². The Morgan fingerprint density at radius 1 is 1.43 bits per heavy atom. The van der Waals surface area contributed by atoms with Gasteiger partial charge in [0.1, 0.15) is 0 Å². The van der Waals surface area contributed by atoms with Crippen LogP contribution in [0.1, 0.15) is 40.0 Å². The van der Waals surface area contributed by atoms with Gasteiger partial charge in [0.15, 0.2) is 0 Å². The summed E-state index contributed by atoms with van der Waals surface area (Å²) < 4.78 is 0. The van der Waals surface area contributed by atoms with Crippen molar-refractivity contribution >= 4 is 0 Å². The van der Waals surface area contributed by atoms with Gasteiger partial charge in [-0.3, -0.25) is 0 Å². The first-order valence-electron chi connectivity index (χ1n) is 6.11. The van der Waals surface area contributed by atoms with Crippen molar-refractivity contribution in [1.82, 2.24) is 4.90 Å². The summed E-state index contributed by atoms with van der Waals surface area (Å²) in [5.41, 5.74) is 5.56. The Kier molecular flexibility index (Phi) is 4.90. The number of rotatable bonds is 4. The standard InChI is InChI=1S/C12H26N2/c1-10(2)12-6-4-8-14(11(12)3)9-5-7-13/h10-12H,4-9,13H2,1-3H3. The van der Waals surface area contributed by atoms with Crippen LogP contribution in [0, 0.1) is 11.8 Å². The summed E-state index contributed by atoms with van der Waals surface area (Å²) in [7, 11) is 0. The second kappa shape index (κ2) is 5.72. The normalized spacial score (nSPS) is 29.8. The van der Waals surface area contributed by atoms with E-state index in [1.54, 1.807) is 0 Å². The molecule has 0 aromatic carbocycles. The van der Waals surface area contributed by atoms with E-state index >= 15 is 0 Å². The average Bonchev–Trinajstić information content (AvgIpc) is 2.16. The summed E-state index contributed by atoms with van der Waals surface area (Å²) in [5.74, 6) is 1.72. The molecule has 1 saturated heterocycles. The minimum absolute atomic E-state index is 0.760. The first-order valence-corrected chi connectivity index (χ1v) is 6.11. The first kappa shape index (κ1) is 12.0. The summed E-state index contributed by atoms with van der Waals surface area (Å²) in [6.07, 6.45) is 3.94. The van der Waals surface area contributed by atoms with E-state index in [2.05, 4.69) is 25.7 Å². The summed E-state index contributed by atoms with van der Waals surface area (Å²) in [6.45, 7) is 10.4. The molecule has 2 heteroatoms. The summed E-state index contributed by atoms with van der Waals surface area (Å²) >= 11 is 0. The maximum atomic E-state index is 5.56. The molecule has 0 aliphatic carbocycles. The van der Waals surface area contributed by atoms with Crippen LogP contribution in [-0.4, -0.2) is 30.6 Å². The quantitative estimate of drug-likeness (QED) is 0.749. The third kappa shape index (κ3) is 2.96. The van der Waals surface area contributed by atoms with Gasteiger partial charge in [-0.1, -0.05) is 13.8 Å². The predicted molar refractivity (Wildman–Crippen MR) is 62.3 cm³/mol. The summed E-state index contributed by atoms with van der Waals surface area (Å²) in [6, 6.07) is 0.760. The zero-order chi connectivity index (χ0) is 10.6. The van der Waals surface area contributed by atoms with Crippen molar-refractivity contribution in [2.24, 2.45) is 17.6 Å². The number of nitrogens with zero attached hydrogens (tertiary/aromatic N) is 1. The second-order valence-electron chi connectivity index (χ2n) is 4.97. The smallest absolute Gasteiger partial charge is 0.00976 e. The fourth-order valence-corrected chi connectivity index (χ4v) is 2.75. The van der Waals surface area contributed by atoms with Crippen molar-refractivity contribution < 1.29 is 0 Å². The van der Waals surface area contributed by atoms with E-state index in [0.717, 1.165) is 30.8 Å². The van der Waals surface area contributed by atoms with E-state index < -0.39 is 0 Å². The fraction of sp³-hybridized carbons (Fsp3) is 1.00. The molecule has 1 fully saturated rings. The lowest BCUT2D eigenvalue weighted by molar-refractivity contribution is 0.0791. The largest absolute Gasteiger partial charge is 0.330 e. The number of hydrogen-bond acceptors (Lipinski definition) is 2. The molecule has 2 nitrogen and oxygen atoms in total. The van der Waals surface area contributed by atoms with Gasteiger partial charge in [-0.2, -0.15) is 0 Å². The molecule has 0 aromatic heterocycles. The lowest BCUT2D eigenvalue weighted by Crippen LogP contribution is -2.45. The van der Waals surface area contributed by atoms with Crippen LogP contribution >= 0.6 is 0 Å². The van der Waals surface area contributed by atoms with Crippen molar-refractivity contribution in [3.8, 4) is 0 Å². The minimum atomic E-state index is 0.760. The van der Waals surface area contributed by atoms with Gasteiger partial charge in [-0.05, 0) is 57.7 Å². The van der Waals surface area contributed by atoms with Gasteiger partial charge >= 0.3 is 0 Å². The number of likely N-dealkylation sites (tertiary alicyclic amines) is 1. The lowest BCUT2D eigenvalue weighted by atomic mass is 9.82. The fourth-order valence-electron chi connectivity index (χ4n) is 2.75. The van der Waals surface area contributed by atoms with Crippen LogP contribution in [0.5, 0.6) is 0 Å². The molecule has 0 aromatic rings. The molecule has 1 aliphatic rings. The van der Waals surface area contributed by atoms with E-state index in [1.165, 1.54) is 25.9 Å². The van der Waals surface area contributed by atoms with Crippen molar-refractivity contribution in [3.63, 3.8) is 0 Å². The molecule has 1 rings (SSSR count). The summed E-state index contributed by atoms with van der Waals surface area (Å²) in [5, 5.41) is 0. The van der Waals surface area contributed by atoms with Crippen LogP contribution in [0.25, 0.3) is 0 Å². The van der Waals surface area contributed by atoms with Crippen LogP contribution in [0.15, 0.2) is 0 Å². The topological polar surface area (TPSA) is 29.3 Å². The number of nitrogens with two attached hydrogens (primary N) is 1. The van der Waals surface area contributed by atoms with Gasteiger partial charge in [0.05, 0.1) is 0 Å². The Labute approximate surface area is 88.8 Å². The van der Waals surface area contributed by atoms with Gasteiger partial charge in [-0.25, -0.2) is 0 Å². The second-order valence-corrected chi connectivity index (χ2v) is 4.97. The Balaban J connectivity index is 2.43. The molecular formula is C12H26N2. The van der Waals surface area contributed by atoms with Gasteiger partial charge in [0.25, 0.3) is 0 Å². The van der Waals surface area contributed by atoms with Crippen molar-refractivity contribution in [2.75, 3.05) is 19.6 Å². The highest BCUT2D eigenvalue weighted by Crippen LogP contribution is 2.29. The zero-order valence-electron chi connectivity index (χ0n) is 10.00. The molecule has 2 atom stereocenters. The lowest BCUT2D eigenvalue weighted by Gasteiger charge is -2.41. The highest BCUT2D eigenvalue weighted by molar-refractivity contribution is 4.82. The van der Waals surface area contributed by atoms with E-state index in [1.807, 2.05) is 0 Å². The molecule has 1 heterocycles. The SMILES string of the molecule is CC(C)C1CCCN(CCCN)C1C. The van der Waals surface area contributed by atoms with E-state index in [-0.39, 0.29) is 0 Å². The molecule has 14 heavy (non-hydrogen) atoms. The van der Waals surface area contributed by atoms with Gasteiger partial charge < -0.3 is 10.6 Å². The van der Waals surface area contributed by atoms with Crippen LogP contribution in [0.3, 0.4) is 0 Å². The molecule has 2 unspecified atom stereocenters. The van der Waals surface area contributed by atoms with Gasteiger partial charge in [0.2, 0.25) is 0 Å². The summed E-state index contributed by atoms with van der Waals surface area (Å²) in [4.78, 5) is 2.63. The monoisotopic (exact) mass is 198 g/mol. The minimum Gasteiger partial charge on any atom is -0.330 e. The van der Waals surface area contributed by atoms with Crippen LogP contribution in [0.4, 0.5) is 0 Å². The molecule has 2 N–H and O–H groups in total. The third-order valence-corrected chi connectivity index (χ3v) is 3.68. The Hall–Kier alpha value is -0.0800. The Bertz CT molecular complexity index is 156. The molecule has 0 amide bonds. The first-order chi connectivity index (χ1) is 6.66. The number of hydrogen-bond donors (Lipinski definition) is 1. The highest BCUT2D eigenvalue weighted by Gasteiger charge is 2.28. The Morgan fingerprint density at radius 3 is 2.71 bits per heavy atom. The number of piperidine rings is 1. The van der Waals surface area contributed by atoms with Crippen LogP contribution in [-0.2, 0) is 0 Å². The van der Waals surface area contributed by atoms with Crippen LogP contribution < -0.4 is 5.73 Å². The average molecular weight is 198 g/mol. The maximum Gasteiger partial charge on any atom is 0.00976 e.